The van der Waals surface area contributed by atoms with Crippen LogP contribution in [-0.2, 0) is 9.59 Å². The molecule has 2 heterocycles. The molecule has 1 aromatic rings. The molecule has 1 aromatic carbocycles. The highest BCUT2D eigenvalue weighted by Gasteiger charge is 2.46. The van der Waals surface area contributed by atoms with Gasteiger partial charge in [-0.25, -0.2) is 0 Å². The van der Waals surface area contributed by atoms with Gasteiger partial charge in [0.25, 0.3) is 0 Å². The van der Waals surface area contributed by atoms with Crippen LogP contribution in [0.25, 0.3) is 0 Å². The highest BCUT2D eigenvalue weighted by atomic mass is 16.2. The average Bonchev–Trinajstić information content (AvgIpc) is 2.87. The van der Waals surface area contributed by atoms with Crippen molar-refractivity contribution in [2.24, 2.45) is 0 Å². The number of nitrogens with zero attached hydrogens (tertiary/aromatic N) is 2. The van der Waals surface area contributed by atoms with Gasteiger partial charge in [-0.1, -0.05) is 30.3 Å². The third-order valence-corrected chi connectivity index (χ3v) is 5.17. The molecule has 1 spiro atoms. The van der Waals surface area contributed by atoms with Crippen LogP contribution < -0.4 is 5.32 Å². The van der Waals surface area contributed by atoms with E-state index in [2.05, 4.69) is 10.2 Å². The summed E-state index contributed by atoms with van der Waals surface area (Å²) in [6, 6.07) is 10.0. The summed E-state index contributed by atoms with van der Waals surface area (Å²) in [5, 5.41) is 3.25. The van der Waals surface area contributed by atoms with Gasteiger partial charge in [0.1, 0.15) is 0 Å². The largest absolute Gasteiger partial charge is 0.350 e. The van der Waals surface area contributed by atoms with E-state index >= 15 is 0 Å². The molecule has 0 radical (unpaired) electrons. The minimum absolute atomic E-state index is 0.0360. The van der Waals surface area contributed by atoms with E-state index in [1.165, 1.54) is 0 Å². The predicted molar refractivity (Wildman–Crippen MR) is 89.0 cm³/mol. The third kappa shape index (κ3) is 3.39. The lowest BCUT2D eigenvalue weighted by molar-refractivity contribution is -0.130. The Morgan fingerprint density at radius 1 is 1.26 bits per heavy atom. The van der Waals surface area contributed by atoms with Crippen molar-refractivity contribution in [3.63, 3.8) is 0 Å². The minimum atomic E-state index is -0.0880. The van der Waals surface area contributed by atoms with Crippen LogP contribution in [0.4, 0.5) is 0 Å². The summed E-state index contributed by atoms with van der Waals surface area (Å²) in [7, 11) is 3.57. The standard InChI is InChI=1S/C18H25N3O2/c1-20(2)16(22)13-21-10-8-18(9-11-21)12-15(17(23)19-18)14-6-4-3-5-7-14/h3-7,15H,8-13H2,1-2H3,(H,19,23)/t15-/m1/s1. The Morgan fingerprint density at radius 2 is 1.91 bits per heavy atom. The zero-order valence-corrected chi connectivity index (χ0v) is 13.9. The molecule has 0 bridgehead atoms. The van der Waals surface area contributed by atoms with Crippen molar-refractivity contribution in [3.8, 4) is 0 Å². The molecule has 23 heavy (non-hydrogen) atoms. The molecule has 1 atom stereocenters. The van der Waals surface area contributed by atoms with Crippen LogP contribution in [0, 0.1) is 0 Å². The molecule has 5 heteroatoms. The van der Waals surface area contributed by atoms with E-state index in [-0.39, 0.29) is 23.3 Å². The average molecular weight is 315 g/mol. The maximum Gasteiger partial charge on any atom is 0.236 e. The van der Waals surface area contributed by atoms with Crippen LogP contribution in [0.2, 0.25) is 0 Å². The van der Waals surface area contributed by atoms with E-state index in [9.17, 15) is 9.59 Å². The molecule has 2 amide bonds. The molecule has 2 fully saturated rings. The van der Waals surface area contributed by atoms with E-state index < -0.39 is 0 Å². The van der Waals surface area contributed by atoms with Crippen molar-refractivity contribution >= 4 is 11.8 Å². The zero-order valence-electron chi connectivity index (χ0n) is 13.9. The number of rotatable bonds is 3. The molecule has 0 aliphatic carbocycles. The van der Waals surface area contributed by atoms with Gasteiger partial charge in [-0.05, 0) is 24.8 Å². The first-order chi connectivity index (χ1) is 11.0. The number of carbonyl (C=O) groups is 2. The Kier molecular flexibility index (Phi) is 4.39. The van der Waals surface area contributed by atoms with E-state index in [4.69, 9.17) is 0 Å². The first-order valence-electron chi connectivity index (χ1n) is 8.29. The molecule has 124 valence electrons. The second-order valence-electron chi connectivity index (χ2n) is 7.00. The monoisotopic (exact) mass is 315 g/mol. The fourth-order valence-corrected chi connectivity index (χ4v) is 3.64. The number of carbonyl (C=O) groups excluding carboxylic acids is 2. The van der Waals surface area contributed by atoms with Gasteiger partial charge in [0.15, 0.2) is 0 Å². The third-order valence-electron chi connectivity index (χ3n) is 5.17. The molecular weight excluding hydrogens is 290 g/mol. The number of benzene rings is 1. The second-order valence-corrected chi connectivity index (χ2v) is 7.00. The van der Waals surface area contributed by atoms with Crippen LogP contribution in [0.1, 0.15) is 30.7 Å². The van der Waals surface area contributed by atoms with E-state index in [1.807, 2.05) is 30.3 Å². The van der Waals surface area contributed by atoms with Gasteiger partial charge in [0, 0.05) is 32.7 Å². The highest BCUT2D eigenvalue weighted by Crippen LogP contribution is 2.39. The lowest BCUT2D eigenvalue weighted by Crippen LogP contribution is -2.52. The molecule has 2 saturated heterocycles. The fourth-order valence-electron chi connectivity index (χ4n) is 3.64. The first kappa shape index (κ1) is 16.0. The van der Waals surface area contributed by atoms with Crippen LogP contribution in [0.5, 0.6) is 0 Å². The summed E-state index contributed by atoms with van der Waals surface area (Å²) in [6.45, 7) is 2.20. The van der Waals surface area contributed by atoms with E-state index in [0.717, 1.165) is 37.9 Å². The summed E-state index contributed by atoms with van der Waals surface area (Å²) in [5.74, 6) is 0.249. The molecule has 3 rings (SSSR count). The van der Waals surface area contributed by atoms with Crippen molar-refractivity contribution in [1.29, 1.82) is 0 Å². The number of likely N-dealkylation sites (N-methyl/N-ethyl adjacent to an activating group) is 1. The number of amides is 2. The molecule has 5 nitrogen and oxygen atoms in total. The summed E-state index contributed by atoms with van der Waals surface area (Å²) in [5.41, 5.74) is 1.02. The smallest absolute Gasteiger partial charge is 0.236 e. The molecule has 2 aliphatic heterocycles. The summed E-state index contributed by atoms with van der Waals surface area (Å²) >= 11 is 0. The Hall–Kier alpha value is -1.88. The Labute approximate surface area is 137 Å². The number of likely N-dealkylation sites (tertiary alicyclic amines) is 1. The minimum Gasteiger partial charge on any atom is -0.350 e. The Bertz CT molecular complexity index is 577. The summed E-state index contributed by atoms with van der Waals surface area (Å²) in [6.07, 6.45) is 2.71. The number of hydrogen-bond donors (Lipinski definition) is 1. The number of piperidine rings is 1. The number of nitrogens with one attached hydrogen (secondary N) is 1. The van der Waals surface area contributed by atoms with Crippen molar-refractivity contribution in [1.82, 2.24) is 15.1 Å². The van der Waals surface area contributed by atoms with E-state index in [0.29, 0.717) is 6.54 Å². The van der Waals surface area contributed by atoms with Gasteiger partial charge in [-0.3, -0.25) is 14.5 Å². The van der Waals surface area contributed by atoms with Gasteiger partial charge < -0.3 is 10.2 Å². The van der Waals surface area contributed by atoms with Crippen LogP contribution in [0.3, 0.4) is 0 Å². The zero-order chi connectivity index (χ0) is 16.4. The highest BCUT2D eigenvalue weighted by molar-refractivity contribution is 5.87. The van der Waals surface area contributed by atoms with Crippen LogP contribution >= 0.6 is 0 Å². The molecule has 2 aliphatic rings. The van der Waals surface area contributed by atoms with Crippen molar-refractivity contribution in [2.75, 3.05) is 33.7 Å². The van der Waals surface area contributed by atoms with E-state index in [1.54, 1.807) is 19.0 Å². The Morgan fingerprint density at radius 3 is 2.52 bits per heavy atom. The molecular formula is C18H25N3O2. The SMILES string of the molecule is CN(C)C(=O)CN1CCC2(CC1)C[C@H](c1ccccc1)C(=O)N2. The fraction of sp³-hybridized carbons (Fsp3) is 0.556. The van der Waals surface area contributed by atoms with Crippen molar-refractivity contribution < 1.29 is 9.59 Å². The summed E-state index contributed by atoms with van der Waals surface area (Å²) in [4.78, 5) is 28.1. The molecule has 0 saturated carbocycles. The lowest BCUT2D eigenvalue weighted by atomic mass is 9.82. The predicted octanol–water partition coefficient (Wildman–Crippen LogP) is 1.21. The van der Waals surface area contributed by atoms with Crippen molar-refractivity contribution in [2.45, 2.75) is 30.7 Å². The molecule has 0 unspecified atom stereocenters. The quantitative estimate of drug-likeness (QED) is 0.912. The Balaban J connectivity index is 1.61. The van der Waals surface area contributed by atoms with Gasteiger partial charge in [0.2, 0.25) is 11.8 Å². The van der Waals surface area contributed by atoms with Gasteiger partial charge >= 0.3 is 0 Å². The topological polar surface area (TPSA) is 52.7 Å². The first-order valence-corrected chi connectivity index (χ1v) is 8.29. The van der Waals surface area contributed by atoms with Gasteiger partial charge in [-0.2, -0.15) is 0 Å². The summed E-state index contributed by atoms with van der Waals surface area (Å²) < 4.78 is 0. The molecule has 1 N–H and O–H groups in total. The maximum absolute atomic E-state index is 12.4. The maximum atomic E-state index is 12.4. The normalized spacial score (nSPS) is 23.7. The van der Waals surface area contributed by atoms with Crippen molar-refractivity contribution in [3.05, 3.63) is 35.9 Å². The lowest BCUT2D eigenvalue weighted by Gasteiger charge is -2.39. The van der Waals surface area contributed by atoms with Crippen LogP contribution in [-0.4, -0.2) is 60.9 Å². The second kappa shape index (κ2) is 6.32. The van der Waals surface area contributed by atoms with Crippen LogP contribution in [0.15, 0.2) is 30.3 Å². The number of hydrogen-bond acceptors (Lipinski definition) is 3. The van der Waals surface area contributed by atoms with Gasteiger partial charge in [-0.15, -0.1) is 0 Å². The molecule has 0 aromatic heterocycles. The van der Waals surface area contributed by atoms with Gasteiger partial charge in [0.05, 0.1) is 12.5 Å².